The number of amides is 1. The highest BCUT2D eigenvalue weighted by Crippen LogP contribution is 2.30. The van der Waals surface area contributed by atoms with Crippen molar-refractivity contribution in [2.24, 2.45) is 0 Å². The normalized spacial score (nSPS) is 10.6. The average molecular weight is 413 g/mol. The Morgan fingerprint density at radius 1 is 1.22 bits per heavy atom. The number of tetrazole rings is 1. The molecule has 1 aromatic heterocycles. The summed E-state index contributed by atoms with van der Waals surface area (Å²) in [5, 5.41) is 14.4. The SMILES string of the molecule is O=C(Nc1cccc(Cl)c1Cl)c1cc(Br)ccc1-n1cnnn1. The maximum Gasteiger partial charge on any atom is 0.257 e. The van der Waals surface area contributed by atoms with Gasteiger partial charge in [-0.1, -0.05) is 45.2 Å². The number of benzene rings is 2. The highest BCUT2D eigenvalue weighted by molar-refractivity contribution is 9.10. The lowest BCUT2D eigenvalue weighted by molar-refractivity contribution is 0.102. The Bertz CT molecular complexity index is 870. The minimum Gasteiger partial charge on any atom is -0.321 e. The van der Waals surface area contributed by atoms with E-state index >= 15 is 0 Å². The molecule has 1 amide bonds. The van der Waals surface area contributed by atoms with Crippen molar-refractivity contribution in [1.82, 2.24) is 20.2 Å². The van der Waals surface area contributed by atoms with Crippen LogP contribution in [0, 0.1) is 0 Å². The third-order valence-electron chi connectivity index (χ3n) is 3.00. The fourth-order valence-electron chi connectivity index (χ4n) is 1.95. The molecule has 0 radical (unpaired) electrons. The van der Waals surface area contributed by atoms with E-state index in [4.69, 9.17) is 23.2 Å². The highest BCUT2D eigenvalue weighted by atomic mass is 79.9. The van der Waals surface area contributed by atoms with Crippen LogP contribution < -0.4 is 5.32 Å². The zero-order valence-electron chi connectivity index (χ0n) is 11.4. The van der Waals surface area contributed by atoms with Crippen molar-refractivity contribution < 1.29 is 4.79 Å². The molecule has 1 heterocycles. The van der Waals surface area contributed by atoms with Crippen molar-refractivity contribution in [3.8, 4) is 5.69 Å². The maximum atomic E-state index is 12.6. The summed E-state index contributed by atoms with van der Waals surface area (Å²) in [6, 6.07) is 10.2. The first-order chi connectivity index (χ1) is 11.1. The second-order valence-electron chi connectivity index (χ2n) is 4.47. The first-order valence-electron chi connectivity index (χ1n) is 6.34. The van der Waals surface area contributed by atoms with Crippen LogP contribution in [0.5, 0.6) is 0 Å². The van der Waals surface area contributed by atoms with Crippen LogP contribution in [0.1, 0.15) is 10.4 Å². The summed E-state index contributed by atoms with van der Waals surface area (Å²) in [6.45, 7) is 0. The molecule has 0 unspecified atom stereocenters. The molecule has 116 valence electrons. The smallest absolute Gasteiger partial charge is 0.257 e. The third-order valence-corrected chi connectivity index (χ3v) is 4.31. The Morgan fingerprint density at radius 3 is 2.78 bits per heavy atom. The molecular weight excluding hydrogens is 405 g/mol. The molecule has 9 heteroatoms. The number of aromatic nitrogens is 4. The van der Waals surface area contributed by atoms with Crippen molar-refractivity contribution in [3.63, 3.8) is 0 Å². The van der Waals surface area contributed by atoms with Gasteiger partial charge in [0.15, 0.2) is 0 Å². The Morgan fingerprint density at radius 2 is 2.04 bits per heavy atom. The molecule has 0 aliphatic rings. The number of hydrogen-bond acceptors (Lipinski definition) is 4. The van der Waals surface area contributed by atoms with Gasteiger partial charge in [-0.3, -0.25) is 4.79 Å². The second-order valence-corrected chi connectivity index (χ2v) is 6.17. The molecule has 3 rings (SSSR count). The Hall–Kier alpha value is -1.96. The zero-order chi connectivity index (χ0) is 16.4. The molecule has 0 aliphatic carbocycles. The van der Waals surface area contributed by atoms with Gasteiger partial charge < -0.3 is 5.32 Å². The lowest BCUT2D eigenvalue weighted by Crippen LogP contribution is -2.15. The molecular formula is C14H8BrCl2N5O. The van der Waals surface area contributed by atoms with Gasteiger partial charge in [0.05, 0.1) is 27.0 Å². The number of hydrogen-bond donors (Lipinski definition) is 1. The summed E-state index contributed by atoms with van der Waals surface area (Å²) in [5.74, 6) is -0.360. The van der Waals surface area contributed by atoms with Gasteiger partial charge in [0.2, 0.25) is 0 Å². The number of halogens is 3. The highest BCUT2D eigenvalue weighted by Gasteiger charge is 2.16. The number of carbonyl (C=O) groups is 1. The van der Waals surface area contributed by atoms with Crippen LogP contribution in [0.15, 0.2) is 47.2 Å². The minimum absolute atomic E-state index is 0.279. The van der Waals surface area contributed by atoms with Crippen molar-refractivity contribution in [1.29, 1.82) is 0 Å². The quantitative estimate of drug-likeness (QED) is 0.705. The Kier molecular flexibility index (Phi) is 4.61. The third kappa shape index (κ3) is 3.36. The van der Waals surface area contributed by atoms with Crippen LogP contribution in [0.3, 0.4) is 0 Å². The maximum absolute atomic E-state index is 12.6. The van der Waals surface area contributed by atoms with Gasteiger partial charge in [0.1, 0.15) is 6.33 Å². The predicted octanol–water partition coefficient (Wildman–Crippen LogP) is 3.98. The zero-order valence-corrected chi connectivity index (χ0v) is 14.5. The molecule has 2 aromatic carbocycles. The summed E-state index contributed by atoms with van der Waals surface area (Å²) in [6.07, 6.45) is 1.41. The molecule has 3 aromatic rings. The average Bonchev–Trinajstić information content (AvgIpc) is 3.06. The van der Waals surface area contributed by atoms with E-state index in [0.29, 0.717) is 22.0 Å². The topological polar surface area (TPSA) is 72.7 Å². The number of nitrogens with zero attached hydrogens (tertiary/aromatic N) is 4. The van der Waals surface area contributed by atoms with E-state index in [-0.39, 0.29) is 10.9 Å². The van der Waals surface area contributed by atoms with Gasteiger partial charge in [0.25, 0.3) is 5.91 Å². The lowest BCUT2D eigenvalue weighted by Gasteiger charge is -2.11. The molecule has 0 spiro atoms. The molecule has 0 bridgehead atoms. The molecule has 0 saturated carbocycles. The van der Waals surface area contributed by atoms with Crippen LogP contribution in [0.4, 0.5) is 5.69 Å². The summed E-state index contributed by atoms with van der Waals surface area (Å²) in [4.78, 5) is 12.6. The number of nitrogens with one attached hydrogen (secondary N) is 1. The van der Waals surface area contributed by atoms with Crippen LogP contribution >= 0.6 is 39.1 Å². The molecule has 6 nitrogen and oxygen atoms in total. The second kappa shape index (κ2) is 6.66. The minimum atomic E-state index is -0.360. The van der Waals surface area contributed by atoms with Gasteiger partial charge in [-0.25, -0.2) is 0 Å². The van der Waals surface area contributed by atoms with Crippen LogP contribution in [-0.2, 0) is 0 Å². The van der Waals surface area contributed by atoms with Gasteiger partial charge in [-0.2, -0.15) is 4.68 Å². The van der Waals surface area contributed by atoms with E-state index in [1.807, 2.05) is 0 Å². The van der Waals surface area contributed by atoms with Gasteiger partial charge in [-0.05, 0) is 40.8 Å². The van der Waals surface area contributed by atoms with E-state index in [0.717, 1.165) is 4.47 Å². The van der Waals surface area contributed by atoms with E-state index in [2.05, 4.69) is 36.8 Å². The van der Waals surface area contributed by atoms with Gasteiger partial charge in [-0.15, -0.1) is 5.10 Å². The van der Waals surface area contributed by atoms with Crippen LogP contribution in [0.2, 0.25) is 10.0 Å². The van der Waals surface area contributed by atoms with Crippen molar-refractivity contribution in [3.05, 3.63) is 62.8 Å². The lowest BCUT2D eigenvalue weighted by atomic mass is 10.1. The van der Waals surface area contributed by atoms with Crippen LogP contribution in [-0.4, -0.2) is 26.1 Å². The summed E-state index contributed by atoms with van der Waals surface area (Å²) in [5.41, 5.74) is 1.34. The van der Waals surface area contributed by atoms with Gasteiger partial charge >= 0.3 is 0 Å². The van der Waals surface area contributed by atoms with Crippen molar-refractivity contribution in [2.75, 3.05) is 5.32 Å². The largest absolute Gasteiger partial charge is 0.321 e. The van der Waals surface area contributed by atoms with Crippen LogP contribution in [0.25, 0.3) is 5.69 Å². The molecule has 23 heavy (non-hydrogen) atoms. The number of anilines is 1. The summed E-state index contributed by atoms with van der Waals surface area (Å²) < 4.78 is 2.15. The van der Waals surface area contributed by atoms with E-state index in [9.17, 15) is 4.79 Å². The summed E-state index contributed by atoms with van der Waals surface area (Å²) >= 11 is 15.4. The molecule has 0 atom stereocenters. The van der Waals surface area contributed by atoms with Gasteiger partial charge in [0, 0.05) is 4.47 Å². The first-order valence-corrected chi connectivity index (χ1v) is 7.89. The number of rotatable bonds is 3. The van der Waals surface area contributed by atoms with E-state index in [1.54, 1.807) is 36.4 Å². The first kappa shape index (κ1) is 15.9. The Labute approximate surface area is 149 Å². The van der Waals surface area contributed by atoms with Crippen molar-refractivity contribution >= 4 is 50.7 Å². The monoisotopic (exact) mass is 411 g/mol. The Balaban J connectivity index is 1.99. The van der Waals surface area contributed by atoms with Crippen molar-refractivity contribution in [2.45, 2.75) is 0 Å². The fraction of sp³-hybridized carbons (Fsp3) is 0. The molecule has 1 N–H and O–H groups in total. The van der Waals surface area contributed by atoms with E-state index in [1.165, 1.54) is 11.0 Å². The van der Waals surface area contributed by atoms with E-state index < -0.39 is 0 Å². The summed E-state index contributed by atoms with van der Waals surface area (Å²) in [7, 11) is 0. The molecule has 0 saturated heterocycles. The number of carbonyl (C=O) groups excluding carboxylic acids is 1. The standard InChI is InChI=1S/C14H8BrCl2N5O/c15-8-4-5-12(22-7-18-20-21-22)9(6-8)14(23)19-11-3-1-2-10(16)13(11)17/h1-7H,(H,19,23). The molecule has 0 fully saturated rings. The fourth-order valence-corrected chi connectivity index (χ4v) is 2.66. The molecule has 0 aliphatic heterocycles. The predicted molar refractivity (Wildman–Crippen MR) is 91.3 cm³/mol.